The normalized spacial score (nSPS) is 17.9. The Morgan fingerprint density at radius 3 is 2.44 bits per heavy atom. The first kappa shape index (κ1) is 17.2. The molecule has 0 spiro atoms. The van der Waals surface area contributed by atoms with Gasteiger partial charge in [0, 0.05) is 31.3 Å². The number of carbonyl (C=O) groups excluding carboxylic acids is 1. The van der Waals surface area contributed by atoms with Crippen LogP contribution in [0.2, 0.25) is 0 Å². The number of likely N-dealkylation sites (tertiary alicyclic amines) is 1. The molecule has 1 amide bonds. The van der Waals surface area contributed by atoms with Gasteiger partial charge in [-0.3, -0.25) is 4.79 Å². The molecule has 2 aromatic carbocycles. The van der Waals surface area contributed by atoms with E-state index in [-0.39, 0.29) is 31.8 Å². The van der Waals surface area contributed by atoms with Crippen LogP contribution in [0.4, 0.5) is 0 Å². The van der Waals surface area contributed by atoms with Gasteiger partial charge in [0.15, 0.2) is 11.7 Å². The molecule has 25 heavy (non-hydrogen) atoms. The number of carbonyl (C=O) groups is 2. The number of amides is 1. The molecule has 2 aromatic rings. The highest BCUT2D eigenvalue weighted by atomic mass is 16.5. The Morgan fingerprint density at radius 1 is 1.12 bits per heavy atom. The van der Waals surface area contributed by atoms with Crippen molar-refractivity contribution < 1.29 is 24.5 Å². The van der Waals surface area contributed by atoms with Crippen molar-refractivity contribution in [2.24, 2.45) is 0 Å². The second-order valence-electron chi connectivity index (χ2n) is 6.40. The first-order valence-corrected chi connectivity index (χ1v) is 8.30. The summed E-state index contributed by atoms with van der Waals surface area (Å²) in [6.45, 7) is 2.08. The standard InChI is InChI=1S/C19H21NO5/c1-13(17(21)20-11-9-19(24,10-12-20)18(22)23)25-16-8-4-6-14-5-2-3-7-15(14)16/h2-8,13,24H,9-12H2,1H3,(H,22,23). The zero-order chi connectivity index (χ0) is 18.0. The maximum atomic E-state index is 12.6. The summed E-state index contributed by atoms with van der Waals surface area (Å²) in [5.41, 5.74) is -1.74. The van der Waals surface area contributed by atoms with Gasteiger partial charge in [-0.2, -0.15) is 0 Å². The summed E-state index contributed by atoms with van der Waals surface area (Å²) >= 11 is 0. The van der Waals surface area contributed by atoms with Crippen LogP contribution in [0.3, 0.4) is 0 Å². The Kier molecular flexibility index (Phi) is 4.63. The van der Waals surface area contributed by atoms with E-state index in [1.165, 1.54) is 0 Å². The van der Waals surface area contributed by atoms with Crippen LogP contribution in [0, 0.1) is 0 Å². The Bertz CT molecular complexity index is 790. The van der Waals surface area contributed by atoms with Crippen molar-refractivity contribution in [1.82, 2.24) is 4.90 Å². The average Bonchev–Trinajstić information content (AvgIpc) is 2.62. The lowest BCUT2D eigenvalue weighted by Crippen LogP contribution is -2.53. The van der Waals surface area contributed by atoms with Gasteiger partial charge in [0.2, 0.25) is 0 Å². The minimum atomic E-state index is -1.74. The van der Waals surface area contributed by atoms with Crippen LogP contribution >= 0.6 is 0 Å². The van der Waals surface area contributed by atoms with Crippen LogP contribution in [-0.4, -0.2) is 51.8 Å². The Hall–Kier alpha value is -2.60. The quantitative estimate of drug-likeness (QED) is 0.887. The Labute approximate surface area is 145 Å². The van der Waals surface area contributed by atoms with Crippen LogP contribution < -0.4 is 4.74 Å². The number of aliphatic carboxylic acids is 1. The molecule has 1 unspecified atom stereocenters. The predicted octanol–water partition coefficient (Wildman–Crippen LogP) is 2.05. The lowest BCUT2D eigenvalue weighted by atomic mass is 9.91. The summed E-state index contributed by atoms with van der Waals surface area (Å²) in [5, 5.41) is 21.0. The summed E-state index contributed by atoms with van der Waals surface area (Å²) in [6.07, 6.45) is -0.647. The zero-order valence-corrected chi connectivity index (χ0v) is 14.0. The molecule has 132 valence electrons. The van der Waals surface area contributed by atoms with Crippen molar-refractivity contribution in [3.63, 3.8) is 0 Å². The Morgan fingerprint density at radius 2 is 1.76 bits per heavy atom. The molecule has 6 nitrogen and oxygen atoms in total. The minimum Gasteiger partial charge on any atom is -0.480 e. The van der Waals surface area contributed by atoms with Gasteiger partial charge in [-0.05, 0) is 18.4 Å². The summed E-state index contributed by atoms with van der Waals surface area (Å²) < 4.78 is 5.87. The van der Waals surface area contributed by atoms with Crippen molar-refractivity contribution in [2.75, 3.05) is 13.1 Å². The van der Waals surface area contributed by atoms with E-state index in [0.29, 0.717) is 5.75 Å². The second-order valence-corrected chi connectivity index (χ2v) is 6.40. The zero-order valence-electron chi connectivity index (χ0n) is 14.0. The molecule has 1 atom stereocenters. The van der Waals surface area contributed by atoms with Gasteiger partial charge in [0.25, 0.3) is 5.91 Å². The molecule has 0 aliphatic carbocycles. The number of carboxylic acids is 1. The SMILES string of the molecule is CC(Oc1cccc2ccccc12)C(=O)N1CCC(O)(C(=O)O)CC1. The summed E-state index contributed by atoms with van der Waals surface area (Å²) in [4.78, 5) is 25.2. The summed E-state index contributed by atoms with van der Waals surface area (Å²) in [7, 11) is 0. The molecule has 1 saturated heterocycles. The molecule has 2 N–H and O–H groups in total. The first-order valence-electron chi connectivity index (χ1n) is 8.30. The number of hydrogen-bond acceptors (Lipinski definition) is 4. The van der Waals surface area contributed by atoms with E-state index < -0.39 is 17.7 Å². The van der Waals surface area contributed by atoms with Crippen molar-refractivity contribution >= 4 is 22.6 Å². The number of aliphatic hydroxyl groups is 1. The molecule has 1 heterocycles. The molecular formula is C19H21NO5. The average molecular weight is 343 g/mol. The summed E-state index contributed by atoms with van der Waals surface area (Å²) in [5.74, 6) is -0.807. The maximum Gasteiger partial charge on any atom is 0.335 e. The molecule has 1 aliphatic heterocycles. The fourth-order valence-corrected chi connectivity index (χ4v) is 3.11. The number of rotatable bonds is 4. The second kappa shape index (κ2) is 6.72. The fourth-order valence-electron chi connectivity index (χ4n) is 3.11. The van der Waals surface area contributed by atoms with Crippen LogP contribution in [0.1, 0.15) is 19.8 Å². The monoisotopic (exact) mass is 343 g/mol. The largest absolute Gasteiger partial charge is 0.480 e. The molecule has 0 aromatic heterocycles. The summed E-state index contributed by atoms with van der Waals surface area (Å²) in [6, 6.07) is 13.5. The number of fused-ring (bicyclic) bond motifs is 1. The van der Waals surface area contributed by atoms with Gasteiger partial charge >= 0.3 is 5.97 Å². The number of piperidine rings is 1. The van der Waals surface area contributed by atoms with E-state index in [1.807, 2.05) is 42.5 Å². The minimum absolute atomic E-state index is 0.0229. The third-order valence-electron chi connectivity index (χ3n) is 4.70. The maximum absolute atomic E-state index is 12.6. The van der Waals surface area contributed by atoms with E-state index in [1.54, 1.807) is 11.8 Å². The van der Waals surface area contributed by atoms with E-state index >= 15 is 0 Å². The van der Waals surface area contributed by atoms with Crippen LogP contribution in [-0.2, 0) is 9.59 Å². The topological polar surface area (TPSA) is 87.1 Å². The number of nitrogens with zero attached hydrogens (tertiary/aromatic N) is 1. The van der Waals surface area contributed by atoms with E-state index in [2.05, 4.69) is 0 Å². The number of carboxylic acid groups (broad SMARTS) is 1. The molecule has 1 fully saturated rings. The van der Waals surface area contributed by atoms with Gasteiger partial charge in [-0.15, -0.1) is 0 Å². The first-order chi connectivity index (χ1) is 11.9. The lowest BCUT2D eigenvalue weighted by Gasteiger charge is -2.36. The third-order valence-corrected chi connectivity index (χ3v) is 4.70. The number of hydrogen-bond donors (Lipinski definition) is 2. The molecule has 0 radical (unpaired) electrons. The highest BCUT2D eigenvalue weighted by Crippen LogP contribution is 2.27. The highest BCUT2D eigenvalue weighted by Gasteiger charge is 2.41. The molecule has 3 rings (SSSR count). The smallest absolute Gasteiger partial charge is 0.335 e. The molecule has 0 bridgehead atoms. The Balaban J connectivity index is 1.68. The van der Waals surface area contributed by atoms with Gasteiger partial charge in [-0.1, -0.05) is 36.4 Å². The van der Waals surface area contributed by atoms with E-state index in [9.17, 15) is 14.7 Å². The molecule has 6 heteroatoms. The highest BCUT2D eigenvalue weighted by molar-refractivity contribution is 5.89. The molecule has 1 aliphatic rings. The van der Waals surface area contributed by atoms with Crippen molar-refractivity contribution in [3.8, 4) is 5.75 Å². The van der Waals surface area contributed by atoms with Gasteiger partial charge in [-0.25, -0.2) is 4.79 Å². The number of ether oxygens (including phenoxy) is 1. The van der Waals surface area contributed by atoms with Gasteiger partial charge in [0.05, 0.1) is 0 Å². The number of benzene rings is 2. The van der Waals surface area contributed by atoms with Crippen LogP contribution in [0.5, 0.6) is 5.75 Å². The molecule has 0 saturated carbocycles. The van der Waals surface area contributed by atoms with E-state index in [0.717, 1.165) is 10.8 Å². The predicted molar refractivity (Wildman–Crippen MR) is 92.4 cm³/mol. The van der Waals surface area contributed by atoms with Crippen LogP contribution in [0.25, 0.3) is 10.8 Å². The van der Waals surface area contributed by atoms with Gasteiger partial charge < -0.3 is 19.8 Å². The fraction of sp³-hybridized carbons (Fsp3) is 0.368. The lowest BCUT2D eigenvalue weighted by molar-refractivity contribution is -0.166. The van der Waals surface area contributed by atoms with Gasteiger partial charge in [0.1, 0.15) is 5.75 Å². The third kappa shape index (κ3) is 3.44. The van der Waals surface area contributed by atoms with Crippen molar-refractivity contribution in [3.05, 3.63) is 42.5 Å². The van der Waals surface area contributed by atoms with Crippen molar-refractivity contribution in [2.45, 2.75) is 31.5 Å². The van der Waals surface area contributed by atoms with E-state index in [4.69, 9.17) is 9.84 Å². The van der Waals surface area contributed by atoms with Crippen molar-refractivity contribution in [1.29, 1.82) is 0 Å². The van der Waals surface area contributed by atoms with Crippen LogP contribution in [0.15, 0.2) is 42.5 Å². The molecular weight excluding hydrogens is 322 g/mol.